The Morgan fingerprint density at radius 3 is 2.75 bits per heavy atom. The predicted octanol–water partition coefficient (Wildman–Crippen LogP) is 1.87. The highest BCUT2D eigenvalue weighted by atomic mass is 19.4. The third-order valence-corrected chi connectivity index (χ3v) is 2.07. The van der Waals surface area contributed by atoms with Gasteiger partial charge in [0.1, 0.15) is 0 Å². The molecule has 0 aliphatic heterocycles. The van der Waals surface area contributed by atoms with Crippen LogP contribution in [0.1, 0.15) is 30.1 Å². The number of aromatic amines is 1. The van der Waals surface area contributed by atoms with Gasteiger partial charge in [-0.3, -0.25) is 9.89 Å². The van der Waals surface area contributed by atoms with Gasteiger partial charge in [-0.1, -0.05) is 6.92 Å². The number of hydrogen-bond donors (Lipinski definition) is 2. The second-order valence-electron chi connectivity index (χ2n) is 3.38. The van der Waals surface area contributed by atoms with E-state index in [0.717, 1.165) is 0 Å². The lowest BCUT2D eigenvalue weighted by Gasteiger charge is -2.18. The highest BCUT2D eigenvalue weighted by Gasteiger charge is 2.31. The molecule has 0 aliphatic rings. The second-order valence-corrected chi connectivity index (χ2v) is 3.38. The van der Waals surface area contributed by atoms with Crippen molar-refractivity contribution in [2.24, 2.45) is 0 Å². The van der Waals surface area contributed by atoms with E-state index in [1.807, 2.05) is 0 Å². The van der Waals surface area contributed by atoms with Crippen molar-refractivity contribution in [1.82, 2.24) is 15.5 Å². The zero-order valence-corrected chi connectivity index (χ0v) is 8.64. The summed E-state index contributed by atoms with van der Waals surface area (Å²) < 4.78 is 36.3. The zero-order chi connectivity index (χ0) is 12.2. The first-order valence-electron chi connectivity index (χ1n) is 4.78. The van der Waals surface area contributed by atoms with E-state index in [0.29, 0.717) is 0 Å². The van der Waals surface area contributed by atoms with Crippen LogP contribution in [0, 0.1) is 0 Å². The van der Waals surface area contributed by atoms with Gasteiger partial charge in [-0.05, 0) is 6.42 Å². The van der Waals surface area contributed by atoms with Gasteiger partial charge in [-0.2, -0.15) is 18.3 Å². The lowest BCUT2D eigenvalue weighted by atomic mass is 10.1. The Balaban J connectivity index is 2.54. The van der Waals surface area contributed by atoms with E-state index in [-0.39, 0.29) is 12.0 Å². The first kappa shape index (κ1) is 12.5. The molecule has 1 rings (SSSR count). The van der Waals surface area contributed by atoms with Crippen LogP contribution in [-0.4, -0.2) is 28.3 Å². The number of H-pyrrole nitrogens is 1. The largest absolute Gasteiger partial charge is 0.391 e. The Kier molecular flexibility index (Phi) is 3.92. The maximum atomic E-state index is 12.1. The van der Waals surface area contributed by atoms with Gasteiger partial charge in [0.2, 0.25) is 0 Å². The molecule has 2 N–H and O–H groups in total. The third-order valence-electron chi connectivity index (χ3n) is 2.07. The molecular formula is C9H12F3N3O. The molecule has 0 saturated carbocycles. The first-order valence-corrected chi connectivity index (χ1v) is 4.78. The molecule has 0 spiro atoms. The van der Waals surface area contributed by atoms with Crippen LogP contribution in [0.3, 0.4) is 0 Å². The zero-order valence-electron chi connectivity index (χ0n) is 8.64. The molecule has 0 aromatic carbocycles. The van der Waals surface area contributed by atoms with Crippen molar-refractivity contribution >= 4 is 5.91 Å². The molecule has 0 aliphatic carbocycles. The highest BCUT2D eigenvalue weighted by Crippen LogP contribution is 2.22. The van der Waals surface area contributed by atoms with Gasteiger partial charge in [0.15, 0.2) is 0 Å². The molecule has 1 aromatic heterocycles. The summed E-state index contributed by atoms with van der Waals surface area (Å²) in [5, 5.41) is 8.27. The van der Waals surface area contributed by atoms with Crippen molar-refractivity contribution < 1.29 is 18.0 Å². The fourth-order valence-electron chi connectivity index (χ4n) is 1.22. The number of carbonyl (C=O) groups is 1. The molecule has 0 bridgehead atoms. The average Bonchev–Trinajstić information content (AvgIpc) is 2.67. The Morgan fingerprint density at radius 1 is 1.62 bits per heavy atom. The number of nitrogens with one attached hydrogen (secondary N) is 2. The van der Waals surface area contributed by atoms with Crippen molar-refractivity contribution in [1.29, 1.82) is 0 Å². The summed E-state index contributed by atoms with van der Waals surface area (Å²) >= 11 is 0. The SMILES string of the molecule is CCC(CC(F)(F)F)NC(=O)c1cn[nH]c1. The maximum Gasteiger partial charge on any atom is 0.391 e. The van der Waals surface area contributed by atoms with Crippen molar-refractivity contribution in [2.75, 3.05) is 0 Å². The van der Waals surface area contributed by atoms with Crippen LogP contribution in [0.4, 0.5) is 13.2 Å². The monoisotopic (exact) mass is 235 g/mol. The van der Waals surface area contributed by atoms with Gasteiger partial charge in [-0.15, -0.1) is 0 Å². The summed E-state index contributed by atoms with van der Waals surface area (Å²) in [6.45, 7) is 1.59. The molecule has 1 heterocycles. The van der Waals surface area contributed by atoms with Crippen molar-refractivity contribution in [3.8, 4) is 0 Å². The molecule has 16 heavy (non-hydrogen) atoms. The first-order chi connectivity index (χ1) is 7.42. The summed E-state index contributed by atoms with van der Waals surface area (Å²) in [6.07, 6.45) is -2.48. The Morgan fingerprint density at radius 2 is 2.31 bits per heavy atom. The van der Waals surface area contributed by atoms with Gasteiger partial charge in [-0.25, -0.2) is 0 Å². The highest BCUT2D eigenvalue weighted by molar-refractivity contribution is 5.93. The lowest BCUT2D eigenvalue weighted by Crippen LogP contribution is -2.37. The fourth-order valence-corrected chi connectivity index (χ4v) is 1.22. The maximum absolute atomic E-state index is 12.1. The second kappa shape index (κ2) is 5.00. The summed E-state index contributed by atoms with van der Waals surface area (Å²) in [7, 11) is 0. The van der Waals surface area contributed by atoms with Crippen LogP contribution in [0.2, 0.25) is 0 Å². The number of hydrogen-bond acceptors (Lipinski definition) is 2. The van der Waals surface area contributed by atoms with E-state index >= 15 is 0 Å². The van der Waals surface area contributed by atoms with E-state index in [1.165, 1.54) is 12.4 Å². The minimum atomic E-state index is -4.27. The van der Waals surface area contributed by atoms with E-state index in [1.54, 1.807) is 6.92 Å². The third kappa shape index (κ3) is 3.92. The normalized spacial score (nSPS) is 13.5. The molecular weight excluding hydrogens is 223 g/mol. The van der Waals surface area contributed by atoms with Crippen molar-refractivity contribution in [2.45, 2.75) is 32.0 Å². The van der Waals surface area contributed by atoms with Crippen LogP contribution in [0.5, 0.6) is 0 Å². The summed E-state index contributed by atoms with van der Waals surface area (Å²) in [5.41, 5.74) is 0.223. The lowest BCUT2D eigenvalue weighted by molar-refractivity contribution is -0.139. The topological polar surface area (TPSA) is 57.8 Å². The smallest absolute Gasteiger partial charge is 0.349 e. The molecule has 0 fully saturated rings. The molecule has 4 nitrogen and oxygen atoms in total. The van der Waals surface area contributed by atoms with Crippen LogP contribution < -0.4 is 5.32 Å². The quantitative estimate of drug-likeness (QED) is 0.837. The number of nitrogens with zero attached hydrogens (tertiary/aromatic N) is 1. The van der Waals surface area contributed by atoms with Gasteiger partial charge in [0.25, 0.3) is 5.91 Å². The number of halogens is 3. The van der Waals surface area contributed by atoms with Gasteiger partial charge >= 0.3 is 6.18 Å². The number of alkyl halides is 3. The van der Waals surface area contributed by atoms with E-state index in [2.05, 4.69) is 15.5 Å². The van der Waals surface area contributed by atoms with Gasteiger partial charge in [0.05, 0.1) is 18.2 Å². The van der Waals surface area contributed by atoms with Crippen LogP contribution >= 0.6 is 0 Å². The van der Waals surface area contributed by atoms with E-state index < -0.39 is 24.5 Å². The number of amides is 1. The summed E-state index contributed by atoms with van der Waals surface area (Å²) in [4.78, 5) is 11.4. The average molecular weight is 235 g/mol. The number of carbonyl (C=O) groups excluding carboxylic acids is 1. The molecule has 1 amide bonds. The van der Waals surface area contributed by atoms with Crippen LogP contribution in [0.25, 0.3) is 0 Å². The molecule has 0 saturated heterocycles. The molecule has 7 heteroatoms. The number of rotatable bonds is 4. The standard InChI is InChI=1S/C9H12F3N3O/c1-2-7(3-9(10,11)12)15-8(16)6-4-13-14-5-6/h4-5,7H,2-3H2,1H3,(H,13,14)(H,15,16). The summed E-state index contributed by atoms with van der Waals surface area (Å²) in [6, 6.07) is -0.901. The van der Waals surface area contributed by atoms with E-state index in [4.69, 9.17) is 0 Å². The minimum Gasteiger partial charge on any atom is -0.349 e. The Labute approximate surface area is 90.2 Å². The van der Waals surface area contributed by atoms with Crippen molar-refractivity contribution in [3.63, 3.8) is 0 Å². The molecule has 90 valence electrons. The molecule has 1 unspecified atom stereocenters. The fraction of sp³-hybridized carbons (Fsp3) is 0.556. The number of aromatic nitrogens is 2. The van der Waals surface area contributed by atoms with Crippen LogP contribution in [-0.2, 0) is 0 Å². The molecule has 0 radical (unpaired) electrons. The Hall–Kier alpha value is -1.53. The minimum absolute atomic E-state index is 0.223. The predicted molar refractivity (Wildman–Crippen MR) is 50.8 cm³/mol. The summed E-state index contributed by atoms with van der Waals surface area (Å²) in [5.74, 6) is -0.551. The van der Waals surface area contributed by atoms with Gasteiger partial charge in [0, 0.05) is 12.2 Å². The van der Waals surface area contributed by atoms with E-state index in [9.17, 15) is 18.0 Å². The van der Waals surface area contributed by atoms with Gasteiger partial charge < -0.3 is 5.32 Å². The molecule has 1 aromatic rings. The molecule has 1 atom stereocenters. The van der Waals surface area contributed by atoms with Crippen molar-refractivity contribution in [3.05, 3.63) is 18.0 Å². The Bertz CT molecular complexity index is 334. The van der Waals surface area contributed by atoms with Crippen LogP contribution in [0.15, 0.2) is 12.4 Å².